The van der Waals surface area contributed by atoms with Crippen molar-refractivity contribution in [1.82, 2.24) is 15.0 Å². The highest BCUT2D eigenvalue weighted by Gasteiger charge is 2.13. The maximum absolute atomic E-state index is 9.00. The largest absolute Gasteiger partial charge is 0.324 e. The number of rotatable bonds is 6. The number of halogens is 2. The van der Waals surface area contributed by atoms with Crippen LogP contribution in [0.15, 0.2) is 66.7 Å². The van der Waals surface area contributed by atoms with Crippen molar-refractivity contribution in [3.8, 4) is 12.1 Å². The Hall–Kier alpha value is -4.17. The summed E-state index contributed by atoms with van der Waals surface area (Å²) in [6.45, 7) is 0. The molecule has 7 nitrogen and oxygen atoms in total. The Kier molecular flexibility index (Phi) is 6.66. The highest BCUT2D eigenvalue weighted by Crippen LogP contribution is 2.27. The molecule has 0 bridgehead atoms. The van der Waals surface area contributed by atoms with Crippen molar-refractivity contribution in [2.24, 2.45) is 0 Å². The molecule has 0 aliphatic heterocycles. The summed E-state index contributed by atoms with van der Waals surface area (Å²) in [6, 6.07) is 23.3. The summed E-state index contributed by atoms with van der Waals surface area (Å²) < 4.78 is 0. The van der Waals surface area contributed by atoms with Crippen molar-refractivity contribution in [3.63, 3.8) is 0 Å². The first kappa shape index (κ1) is 22.0. The van der Waals surface area contributed by atoms with Gasteiger partial charge in [-0.2, -0.15) is 25.5 Å². The second-order valence-electron chi connectivity index (χ2n) is 6.90. The van der Waals surface area contributed by atoms with Crippen LogP contribution in [0.5, 0.6) is 0 Å². The Labute approximate surface area is 200 Å². The minimum Gasteiger partial charge on any atom is -0.324 e. The van der Waals surface area contributed by atoms with E-state index in [1.807, 2.05) is 0 Å². The monoisotopic (exact) mass is 471 g/mol. The molecule has 0 saturated carbocycles. The predicted octanol–water partition coefficient (Wildman–Crippen LogP) is 6.00. The number of nitrogens with zero attached hydrogens (tertiary/aromatic N) is 5. The molecule has 33 heavy (non-hydrogen) atoms. The highest BCUT2D eigenvalue weighted by molar-refractivity contribution is 6.36. The van der Waals surface area contributed by atoms with Crippen LogP contribution in [0.4, 0.5) is 23.3 Å². The smallest absolute Gasteiger partial charge is 0.232 e. The van der Waals surface area contributed by atoms with E-state index in [-0.39, 0.29) is 0 Å². The molecule has 0 aliphatic carbocycles. The third kappa shape index (κ3) is 5.55. The minimum atomic E-state index is 0.297. The van der Waals surface area contributed by atoms with Crippen LogP contribution in [0.2, 0.25) is 10.0 Å². The Balaban J connectivity index is 1.68. The first-order valence-electron chi connectivity index (χ1n) is 9.76. The molecule has 0 unspecified atom stereocenters. The number of nitrogens with one attached hydrogen (secondary N) is 2. The molecule has 160 valence electrons. The lowest BCUT2D eigenvalue weighted by molar-refractivity contribution is 0.932. The maximum Gasteiger partial charge on any atom is 0.232 e. The second-order valence-corrected chi connectivity index (χ2v) is 7.72. The Bertz CT molecular complexity index is 1270. The van der Waals surface area contributed by atoms with E-state index in [1.54, 1.807) is 66.7 Å². The third-order valence-electron chi connectivity index (χ3n) is 4.62. The van der Waals surface area contributed by atoms with Crippen LogP contribution in [0.3, 0.4) is 0 Å². The Morgan fingerprint density at radius 3 is 1.55 bits per heavy atom. The summed E-state index contributed by atoms with van der Waals surface area (Å²) in [7, 11) is 0. The zero-order valence-corrected chi connectivity index (χ0v) is 18.6. The van der Waals surface area contributed by atoms with Crippen molar-refractivity contribution in [1.29, 1.82) is 10.5 Å². The number of hydrogen-bond acceptors (Lipinski definition) is 7. The number of nitriles is 2. The standard InChI is InChI=1S/C24H15Cl2N7/c25-20-2-1-3-21(26)19(20)12-22-31-23(29-17-8-4-15(13-27)5-9-17)33-24(32-22)30-18-10-6-16(14-28)7-11-18/h1-11H,12H2,(H2,29,30,31,32,33). The van der Waals surface area contributed by atoms with Gasteiger partial charge >= 0.3 is 0 Å². The fourth-order valence-corrected chi connectivity index (χ4v) is 3.52. The van der Waals surface area contributed by atoms with E-state index < -0.39 is 0 Å². The lowest BCUT2D eigenvalue weighted by Gasteiger charge is -2.12. The van der Waals surface area contributed by atoms with Gasteiger partial charge in [0, 0.05) is 27.8 Å². The van der Waals surface area contributed by atoms with Crippen molar-refractivity contribution in [2.75, 3.05) is 10.6 Å². The predicted molar refractivity (Wildman–Crippen MR) is 128 cm³/mol. The molecule has 0 spiro atoms. The summed E-state index contributed by atoms with van der Waals surface area (Å²) in [5.41, 5.74) is 3.24. The number of aromatic nitrogens is 3. The normalized spacial score (nSPS) is 10.2. The average Bonchev–Trinajstić information content (AvgIpc) is 2.82. The maximum atomic E-state index is 9.00. The first-order valence-corrected chi connectivity index (χ1v) is 10.5. The molecule has 0 atom stereocenters. The van der Waals surface area contributed by atoms with Crippen molar-refractivity contribution in [3.05, 3.63) is 99.3 Å². The highest BCUT2D eigenvalue weighted by atomic mass is 35.5. The van der Waals surface area contributed by atoms with E-state index in [9.17, 15) is 0 Å². The third-order valence-corrected chi connectivity index (χ3v) is 5.33. The second kappa shape index (κ2) is 9.97. The van der Waals surface area contributed by atoms with Gasteiger partial charge in [-0.25, -0.2) is 0 Å². The molecule has 0 aliphatic rings. The summed E-state index contributed by atoms with van der Waals surface area (Å²) in [5.74, 6) is 1.07. The van der Waals surface area contributed by atoms with Crippen LogP contribution in [-0.2, 0) is 6.42 Å². The van der Waals surface area contributed by atoms with E-state index in [2.05, 4.69) is 37.7 Å². The molecule has 0 amide bonds. The number of benzene rings is 3. The van der Waals surface area contributed by atoms with Gasteiger partial charge in [0.15, 0.2) is 0 Å². The quantitative estimate of drug-likeness (QED) is 0.354. The van der Waals surface area contributed by atoms with Gasteiger partial charge in [0.1, 0.15) is 5.82 Å². The first-order chi connectivity index (χ1) is 16.0. The van der Waals surface area contributed by atoms with E-state index in [0.717, 1.165) is 0 Å². The van der Waals surface area contributed by atoms with Gasteiger partial charge in [0.25, 0.3) is 0 Å². The molecular formula is C24H15Cl2N7. The fourth-order valence-electron chi connectivity index (χ4n) is 2.98. The van der Waals surface area contributed by atoms with Crippen LogP contribution in [0.25, 0.3) is 0 Å². The van der Waals surface area contributed by atoms with Crippen molar-refractivity contribution < 1.29 is 0 Å². The molecule has 3 aromatic carbocycles. The number of hydrogen-bond donors (Lipinski definition) is 2. The van der Waals surface area contributed by atoms with Gasteiger partial charge in [0.2, 0.25) is 11.9 Å². The molecule has 0 saturated heterocycles. The molecule has 0 fully saturated rings. The van der Waals surface area contributed by atoms with Gasteiger partial charge in [-0.1, -0.05) is 29.3 Å². The topological polar surface area (TPSA) is 110 Å². The van der Waals surface area contributed by atoms with E-state index in [1.165, 1.54) is 0 Å². The number of anilines is 4. The van der Waals surface area contributed by atoms with E-state index >= 15 is 0 Å². The molecule has 2 N–H and O–H groups in total. The summed E-state index contributed by atoms with van der Waals surface area (Å²) in [6.07, 6.45) is 0.297. The molecular weight excluding hydrogens is 457 g/mol. The van der Waals surface area contributed by atoms with Crippen LogP contribution in [0, 0.1) is 22.7 Å². The van der Waals surface area contributed by atoms with Crippen LogP contribution < -0.4 is 10.6 Å². The van der Waals surface area contributed by atoms with Crippen LogP contribution in [0.1, 0.15) is 22.5 Å². The Morgan fingerprint density at radius 1 is 0.667 bits per heavy atom. The zero-order chi connectivity index (χ0) is 23.2. The Morgan fingerprint density at radius 2 is 1.12 bits per heavy atom. The van der Waals surface area contributed by atoms with Gasteiger partial charge in [-0.15, -0.1) is 0 Å². The van der Waals surface area contributed by atoms with Gasteiger partial charge < -0.3 is 10.6 Å². The van der Waals surface area contributed by atoms with E-state index in [4.69, 9.17) is 33.7 Å². The minimum absolute atomic E-state index is 0.297. The van der Waals surface area contributed by atoms with Gasteiger partial charge in [-0.3, -0.25) is 0 Å². The summed E-state index contributed by atoms with van der Waals surface area (Å²) in [5, 5.41) is 25.3. The van der Waals surface area contributed by atoms with Gasteiger partial charge in [-0.05, 0) is 66.2 Å². The van der Waals surface area contributed by atoms with Crippen LogP contribution >= 0.6 is 23.2 Å². The molecule has 1 aromatic heterocycles. The summed E-state index contributed by atoms with van der Waals surface area (Å²) in [4.78, 5) is 13.5. The fraction of sp³-hybridized carbons (Fsp3) is 0.0417. The SMILES string of the molecule is N#Cc1ccc(Nc2nc(Cc3c(Cl)cccc3Cl)nc(Nc3ccc(C#N)cc3)n2)cc1. The zero-order valence-electron chi connectivity index (χ0n) is 17.0. The van der Waals surface area contributed by atoms with Crippen molar-refractivity contribution in [2.45, 2.75) is 6.42 Å². The van der Waals surface area contributed by atoms with Crippen LogP contribution in [-0.4, -0.2) is 15.0 Å². The molecule has 0 radical (unpaired) electrons. The van der Waals surface area contributed by atoms with Gasteiger partial charge in [0.05, 0.1) is 23.3 Å². The molecule has 1 heterocycles. The van der Waals surface area contributed by atoms with Crippen molar-refractivity contribution >= 4 is 46.5 Å². The molecule has 4 rings (SSSR count). The molecule has 4 aromatic rings. The lowest BCUT2D eigenvalue weighted by Crippen LogP contribution is -2.08. The summed E-state index contributed by atoms with van der Waals surface area (Å²) >= 11 is 12.7. The lowest BCUT2D eigenvalue weighted by atomic mass is 10.1. The average molecular weight is 472 g/mol. The molecule has 9 heteroatoms. The van der Waals surface area contributed by atoms with E-state index in [0.29, 0.717) is 62.3 Å².